The molecule has 0 amide bonds. The molecule has 0 radical (unpaired) electrons. The second kappa shape index (κ2) is 9.65. The van der Waals surface area contributed by atoms with E-state index in [2.05, 4.69) is 53.6 Å². The Kier molecular flexibility index (Phi) is 7.24. The fourth-order valence-electron chi connectivity index (χ4n) is 3.37. The first-order chi connectivity index (χ1) is 13.4. The molecule has 150 valence electrons. The van der Waals surface area contributed by atoms with E-state index in [-0.39, 0.29) is 17.2 Å². The molecule has 1 aliphatic heterocycles. The molecule has 2 N–H and O–H groups in total. The third-order valence-electron chi connectivity index (χ3n) is 4.55. The summed E-state index contributed by atoms with van der Waals surface area (Å²) in [5.41, 5.74) is 3.06. The summed E-state index contributed by atoms with van der Waals surface area (Å²) in [7, 11) is 0. The van der Waals surface area contributed by atoms with Gasteiger partial charge in [-0.1, -0.05) is 35.9 Å². The van der Waals surface area contributed by atoms with Crippen molar-refractivity contribution in [2.45, 2.75) is 39.1 Å². The smallest absolute Gasteiger partial charge is 0.171 e. The standard InChI is InChI=1S/C21H25ClFN3OS/c1-14-11-26(12-15(2)27-14)13-17-5-3-16(4-6-17)10-24-21(28)25-18-7-8-20(23)19(22)9-18/h3-9,14-15H,10-13H2,1-2H3,(H2,24,25,28). The second-order valence-electron chi connectivity index (χ2n) is 7.20. The number of rotatable bonds is 5. The Hall–Kier alpha value is -1.73. The highest BCUT2D eigenvalue weighted by atomic mass is 35.5. The Balaban J connectivity index is 1.47. The van der Waals surface area contributed by atoms with Crippen molar-refractivity contribution in [1.82, 2.24) is 10.2 Å². The lowest BCUT2D eigenvalue weighted by Gasteiger charge is -2.35. The predicted molar refractivity (Wildman–Crippen MR) is 116 cm³/mol. The lowest BCUT2D eigenvalue weighted by molar-refractivity contribution is -0.0704. The van der Waals surface area contributed by atoms with Crippen molar-refractivity contribution in [3.05, 3.63) is 64.4 Å². The molecule has 2 atom stereocenters. The number of benzene rings is 2. The minimum Gasteiger partial charge on any atom is -0.373 e. The van der Waals surface area contributed by atoms with Gasteiger partial charge in [0.1, 0.15) is 5.82 Å². The quantitative estimate of drug-likeness (QED) is 0.691. The van der Waals surface area contributed by atoms with Crippen LogP contribution in [-0.2, 0) is 17.8 Å². The number of hydrogen-bond donors (Lipinski definition) is 2. The average molecular weight is 422 g/mol. The van der Waals surface area contributed by atoms with Crippen LogP contribution in [0, 0.1) is 5.82 Å². The number of thiocarbonyl (C=S) groups is 1. The molecule has 4 nitrogen and oxygen atoms in total. The van der Waals surface area contributed by atoms with Gasteiger partial charge in [0, 0.05) is 31.9 Å². The molecule has 28 heavy (non-hydrogen) atoms. The molecule has 1 saturated heterocycles. The number of ether oxygens (including phenoxy) is 1. The lowest BCUT2D eigenvalue weighted by atomic mass is 10.1. The van der Waals surface area contributed by atoms with Crippen LogP contribution in [0.4, 0.5) is 10.1 Å². The van der Waals surface area contributed by atoms with Crippen molar-refractivity contribution in [3.8, 4) is 0 Å². The zero-order valence-corrected chi connectivity index (χ0v) is 17.6. The van der Waals surface area contributed by atoms with Gasteiger partial charge in [-0.3, -0.25) is 4.90 Å². The number of halogens is 2. The van der Waals surface area contributed by atoms with E-state index >= 15 is 0 Å². The highest BCUT2D eigenvalue weighted by molar-refractivity contribution is 7.80. The summed E-state index contributed by atoms with van der Waals surface area (Å²) < 4.78 is 19.0. The Morgan fingerprint density at radius 2 is 1.79 bits per heavy atom. The van der Waals surface area contributed by atoms with Gasteiger partial charge in [0.2, 0.25) is 0 Å². The zero-order valence-electron chi connectivity index (χ0n) is 16.0. The van der Waals surface area contributed by atoms with E-state index in [4.69, 9.17) is 28.6 Å². The highest BCUT2D eigenvalue weighted by Crippen LogP contribution is 2.19. The van der Waals surface area contributed by atoms with Crippen molar-refractivity contribution in [2.75, 3.05) is 18.4 Å². The van der Waals surface area contributed by atoms with E-state index in [1.807, 2.05) is 0 Å². The van der Waals surface area contributed by atoms with E-state index in [1.165, 1.54) is 17.7 Å². The molecule has 2 aromatic carbocycles. The van der Waals surface area contributed by atoms with E-state index in [0.717, 1.165) is 25.2 Å². The van der Waals surface area contributed by atoms with E-state index in [9.17, 15) is 4.39 Å². The van der Waals surface area contributed by atoms with Crippen molar-refractivity contribution in [3.63, 3.8) is 0 Å². The molecule has 0 saturated carbocycles. The fraction of sp³-hybridized carbons (Fsp3) is 0.381. The first-order valence-corrected chi connectivity index (χ1v) is 10.1. The minimum atomic E-state index is -0.452. The van der Waals surface area contributed by atoms with Crippen molar-refractivity contribution < 1.29 is 9.13 Å². The molecular formula is C21H25ClFN3OS. The first-order valence-electron chi connectivity index (χ1n) is 9.34. The third-order valence-corrected chi connectivity index (χ3v) is 5.09. The largest absolute Gasteiger partial charge is 0.373 e. The zero-order chi connectivity index (χ0) is 20.1. The third kappa shape index (κ3) is 6.14. The Morgan fingerprint density at radius 1 is 1.14 bits per heavy atom. The van der Waals surface area contributed by atoms with Crippen LogP contribution in [-0.4, -0.2) is 35.3 Å². The van der Waals surface area contributed by atoms with E-state index in [0.29, 0.717) is 17.3 Å². The normalized spacial score (nSPS) is 20.0. The summed E-state index contributed by atoms with van der Waals surface area (Å²) in [5.74, 6) is -0.452. The summed E-state index contributed by atoms with van der Waals surface area (Å²) in [6.45, 7) is 7.69. The topological polar surface area (TPSA) is 36.5 Å². The maximum absolute atomic E-state index is 13.2. The number of hydrogen-bond acceptors (Lipinski definition) is 3. The molecule has 0 spiro atoms. The summed E-state index contributed by atoms with van der Waals surface area (Å²) in [6.07, 6.45) is 0.549. The number of morpholine rings is 1. The number of nitrogens with one attached hydrogen (secondary N) is 2. The average Bonchev–Trinajstić information content (AvgIpc) is 2.63. The van der Waals surface area contributed by atoms with Crippen LogP contribution >= 0.6 is 23.8 Å². The molecule has 0 aliphatic carbocycles. The van der Waals surface area contributed by atoms with Gasteiger partial charge in [0.15, 0.2) is 5.11 Å². The molecule has 1 aliphatic rings. The molecule has 7 heteroatoms. The number of nitrogens with zero attached hydrogens (tertiary/aromatic N) is 1. The second-order valence-corrected chi connectivity index (χ2v) is 8.02. The monoisotopic (exact) mass is 421 g/mol. The number of anilines is 1. The van der Waals surface area contributed by atoms with Crippen LogP contribution < -0.4 is 10.6 Å². The molecule has 2 aromatic rings. The van der Waals surface area contributed by atoms with Gasteiger partial charge in [-0.05, 0) is 55.4 Å². The van der Waals surface area contributed by atoms with E-state index in [1.54, 1.807) is 6.07 Å². The van der Waals surface area contributed by atoms with Crippen LogP contribution in [0.15, 0.2) is 42.5 Å². The SMILES string of the molecule is CC1CN(Cc2ccc(CNC(=S)Nc3ccc(F)c(Cl)c3)cc2)CC(C)O1. The molecule has 1 heterocycles. The van der Waals surface area contributed by atoms with Gasteiger partial charge in [-0.25, -0.2) is 4.39 Å². The minimum absolute atomic E-state index is 0.0624. The van der Waals surface area contributed by atoms with Crippen molar-refractivity contribution >= 4 is 34.6 Å². The molecular weight excluding hydrogens is 397 g/mol. The van der Waals surface area contributed by atoms with Crippen LogP contribution in [0.5, 0.6) is 0 Å². The Labute approximate surface area is 176 Å². The Morgan fingerprint density at radius 3 is 2.43 bits per heavy atom. The maximum atomic E-state index is 13.2. The molecule has 1 fully saturated rings. The van der Waals surface area contributed by atoms with Gasteiger partial charge in [-0.2, -0.15) is 0 Å². The Bertz CT molecular complexity index is 808. The van der Waals surface area contributed by atoms with Gasteiger partial charge in [0.25, 0.3) is 0 Å². The highest BCUT2D eigenvalue weighted by Gasteiger charge is 2.21. The van der Waals surface area contributed by atoms with Crippen molar-refractivity contribution in [1.29, 1.82) is 0 Å². The van der Waals surface area contributed by atoms with Crippen molar-refractivity contribution in [2.24, 2.45) is 0 Å². The van der Waals surface area contributed by atoms with Gasteiger partial charge in [-0.15, -0.1) is 0 Å². The predicted octanol–water partition coefficient (Wildman–Crippen LogP) is 4.57. The lowest BCUT2D eigenvalue weighted by Crippen LogP contribution is -2.44. The van der Waals surface area contributed by atoms with Crippen LogP contribution in [0.2, 0.25) is 5.02 Å². The van der Waals surface area contributed by atoms with Gasteiger partial charge >= 0.3 is 0 Å². The van der Waals surface area contributed by atoms with Gasteiger partial charge in [0.05, 0.1) is 17.2 Å². The molecule has 0 bridgehead atoms. The summed E-state index contributed by atoms with van der Waals surface area (Å²) in [6, 6.07) is 12.9. The summed E-state index contributed by atoms with van der Waals surface area (Å²) >= 11 is 11.1. The summed E-state index contributed by atoms with van der Waals surface area (Å²) in [5, 5.41) is 6.68. The summed E-state index contributed by atoms with van der Waals surface area (Å²) in [4.78, 5) is 2.43. The van der Waals surface area contributed by atoms with Gasteiger partial charge < -0.3 is 15.4 Å². The molecule has 3 rings (SSSR count). The van der Waals surface area contributed by atoms with Crippen LogP contribution in [0.25, 0.3) is 0 Å². The maximum Gasteiger partial charge on any atom is 0.171 e. The fourth-order valence-corrected chi connectivity index (χ4v) is 3.74. The van der Waals surface area contributed by atoms with E-state index < -0.39 is 5.82 Å². The molecule has 2 unspecified atom stereocenters. The first kappa shape index (κ1) is 21.0. The van der Waals surface area contributed by atoms with Crippen LogP contribution in [0.1, 0.15) is 25.0 Å². The van der Waals surface area contributed by atoms with Crippen LogP contribution in [0.3, 0.4) is 0 Å². The molecule has 0 aromatic heterocycles.